The minimum atomic E-state index is -0.384. The third-order valence-electron chi connectivity index (χ3n) is 5.73. The highest BCUT2D eigenvalue weighted by Gasteiger charge is 2.32. The van der Waals surface area contributed by atoms with E-state index < -0.39 is 0 Å². The van der Waals surface area contributed by atoms with Gasteiger partial charge in [0.1, 0.15) is 23.4 Å². The number of hydrogen-bond donors (Lipinski definition) is 2. The molecule has 190 valence electrons. The summed E-state index contributed by atoms with van der Waals surface area (Å²) in [6, 6.07) is 11.6. The fraction of sp³-hybridized carbons (Fsp3) is 0.346. The first-order chi connectivity index (χ1) is 17.4. The monoisotopic (exact) mass is 493 g/mol. The predicted molar refractivity (Wildman–Crippen MR) is 137 cm³/mol. The molecule has 0 spiro atoms. The summed E-state index contributed by atoms with van der Waals surface area (Å²) in [5, 5.41) is 0. The first-order valence-electron chi connectivity index (χ1n) is 11.8. The molecule has 1 aliphatic rings. The number of nitrogen functional groups attached to an aromatic ring is 2. The third-order valence-corrected chi connectivity index (χ3v) is 5.73. The van der Waals surface area contributed by atoms with Crippen LogP contribution >= 0.6 is 0 Å². The van der Waals surface area contributed by atoms with Gasteiger partial charge in [0, 0.05) is 31.0 Å². The molecule has 1 fully saturated rings. The summed E-state index contributed by atoms with van der Waals surface area (Å²) in [7, 11) is 1.58. The van der Waals surface area contributed by atoms with Gasteiger partial charge < -0.3 is 30.4 Å². The van der Waals surface area contributed by atoms with Crippen molar-refractivity contribution in [3.05, 3.63) is 53.7 Å². The predicted octanol–water partition coefficient (Wildman–Crippen LogP) is 3.67. The van der Waals surface area contributed by atoms with Crippen LogP contribution in [-0.2, 0) is 15.9 Å². The lowest BCUT2D eigenvalue weighted by Crippen LogP contribution is -2.25. The lowest BCUT2D eigenvalue weighted by atomic mass is 9.98. The molecule has 36 heavy (non-hydrogen) atoms. The minimum Gasteiger partial charge on any atom is -0.493 e. The molecule has 10 heteroatoms. The highest BCUT2D eigenvalue weighted by Crippen LogP contribution is 2.41. The number of nitrogens with zero attached hydrogens (tertiary/aromatic N) is 3. The zero-order valence-electron chi connectivity index (χ0n) is 20.7. The Morgan fingerprint density at radius 2 is 1.75 bits per heavy atom. The molecule has 0 aliphatic carbocycles. The molecule has 0 bridgehead atoms. The number of hydrogen-bond acceptors (Lipinski definition) is 9. The molecule has 4 rings (SSSR count). The van der Waals surface area contributed by atoms with Crippen molar-refractivity contribution >= 4 is 23.5 Å². The van der Waals surface area contributed by atoms with Crippen LogP contribution in [0.4, 0.5) is 22.2 Å². The van der Waals surface area contributed by atoms with Crippen LogP contribution < -0.4 is 25.8 Å². The molecule has 10 nitrogen and oxygen atoms in total. The number of benzene rings is 2. The van der Waals surface area contributed by atoms with E-state index in [2.05, 4.69) is 9.97 Å². The van der Waals surface area contributed by atoms with Crippen molar-refractivity contribution in [1.82, 2.24) is 9.97 Å². The Balaban J connectivity index is 1.67. The normalized spacial score (nSPS) is 15.1. The smallest absolute Gasteiger partial charge is 0.414 e. The van der Waals surface area contributed by atoms with E-state index in [1.54, 1.807) is 18.2 Å². The van der Waals surface area contributed by atoms with Gasteiger partial charge in [-0.15, -0.1) is 0 Å². The Morgan fingerprint density at radius 3 is 2.33 bits per heavy atom. The van der Waals surface area contributed by atoms with E-state index in [0.29, 0.717) is 50.1 Å². The Hall–Kier alpha value is -4.05. The molecule has 1 atom stereocenters. The number of carbonyl (C=O) groups is 1. The second kappa shape index (κ2) is 11.1. The molecule has 4 N–H and O–H groups in total. The number of cyclic esters (lactones) is 1. The van der Waals surface area contributed by atoms with Gasteiger partial charge >= 0.3 is 6.09 Å². The summed E-state index contributed by atoms with van der Waals surface area (Å²) in [6.07, 6.45) is 1.45. The van der Waals surface area contributed by atoms with Gasteiger partial charge in [0.05, 0.1) is 31.9 Å². The first-order valence-corrected chi connectivity index (χ1v) is 11.8. The topological polar surface area (TPSA) is 135 Å². The van der Waals surface area contributed by atoms with Crippen molar-refractivity contribution in [2.75, 3.05) is 49.8 Å². The number of carbonyl (C=O) groups excluding carboxylic acids is 1. The SMILES string of the molecule is CCOc1cc(Cc2cnc(N)nc2N)cc(OCC)c1-c1ccc(N2CC(COC)OC2=O)cc1. The van der Waals surface area contributed by atoms with Gasteiger partial charge in [-0.2, -0.15) is 4.98 Å². The summed E-state index contributed by atoms with van der Waals surface area (Å²) in [5.74, 6) is 1.84. The molecule has 0 radical (unpaired) electrons. The fourth-order valence-electron chi connectivity index (χ4n) is 4.17. The van der Waals surface area contributed by atoms with Gasteiger partial charge in [-0.3, -0.25) is 4.90 Å². The van der Waals surface area contributed by atoms with Gasteiger partial charge in [0.15, 0.2) is 0 Å². The molecule has 1 aromatic heterocycles. The van der Waals surface area contributed by atoms with Crippen molar-refractivity contribution in [2.45, 2.75) is 26.4 Å². The van der Waals surface area contributed by atoms with E-state index in [9.17, 15) is 4.79 Å². The molecule has 0 saturated carbocycles. The second-order valence-electron chi connectivity index (χ2n) is 8.27. The van der Waals surface area contributed by atoms with Crippen molar-refractivity contribution in [2.24, 2.45) is 0 Å². The molecule has 1 saturated heterocycles. The number of rotatable bonds is 10. The Bertz CT molecular complexity index is 1190. The van der Waals surface area contributed by atoms with Crippen molar-refractivity contribution in [1.29, 1.82) is 0 Å². The van der Waals surface area contributed by atoms with Crippen LogP contribution in [0.15, 0.2) is 42.6 Å². The summed E-state index contributed by atoms with van der Waals surface area (Å²) in [5.41, 5.74) is 15.8. The Kier molecular flexibility index (Phi) is 7.74. The zero-order chi connectivity index (χ0) is 25.7. The summed E-state index contributed by atoms with van der Waals surface area (Å²) < 4.78 is 22.5. The van der Waals surface area contributed by atoms with Gasteiger partial charge in [-0.1, -0.05) is 12.1 Å². The maximum atomic E-state index is 12.3. The molecule has 1 amide bonds. The summed E-state index contributed by atoms with van der Waals surface area (Å²) >= 11 is 0. The molecule has 1 aliphatic heterocycles. The van der Waals surface area contributed by atoms with E-state index >= 15 is 0 Å². The maximum absolute atomic E-state index is 12.3. The highest BCUT2D eigenvalue weighted by atomic mass is 16.6. The van der Waals surface area contributed by atoms with Gasteiger partial charge in [-0.05, 0) is 49.2 Å². The van der Waals surface area contributed by atoms with E-state index in [1.807, 2.05) is 50.2 Å². The molecule has 1 unspecified atom stereocenters. The lowest BCUT2D eigenvalue weighted by Gasteiger charge is -2.19. The first kappa shape index (κ1) is 25.1. The average Bonchev–Trinajstić information content (AvgIpc) is 3.22. The fourth-order valence-corrected chi connectivity index (χ4v) is 4.17. The molecule has 2 heterocycles. The third kappa shape index (κ3) is 5.44. The summed E-state index contributed by atoms with van der Waals surface area (Å²) in [6.45, 7) is 5.62. The van der Waals surface area contributed by atoms with Gasteiger partial charge in [0.2, 0.25) is 5.95 Å². The quantitative estimate of drug-likeness (QED) is 0.434. The van der Waals surface area contributed by atoms with E-state index in [1.165, 1.54) is 0 Å². The van der Waals surface area contributed by atoms with Crippen LogP contribution in [0.1, 0.15) is 25.0 Å². The van der Waals surface area contributed by atoms with Gasteiger partial charge in [0.25, 0.3) is 0 Å². The number of methoxy groups -OCH3 is 1. The second-order valence-corrected chi connectivity index (χ2v) is 8.27. The number of amides is 1. The number of ether oxygens (including phenoxy) is 4. The van der Waals surface area contributed by atoms with E-state index in [0.717, 1.165) is 27.9 Å². The van der Waals surface area contributed by atoms with E-state index in [-0.39, 0.29) is 18.1 Å². The summed E-state index contributed by atoms with van der Waals surface area (Å²) in [4.78, 5) is 22.0. The van der Waals surface area contributed by atoms with E-state index in [4.69, 9.17) is 30.4 Å². The van der Waals surface area contributed by atoms with Crippen LogP contribution in [0.25, 0.3) is 11.1 Å². The number of aromatic nitrogens is 2. The van der Waals surface area contributed by atoms with Crippen LogP contribution in [0.2, 0.25) is 0 Å². The highest BCUT2D eigenvalue weighted by molar-refractivity contribution is 5.90. The Morgan fingerprint density at radius 1 is 1.08 bits per heavy atom. The minimum absolute atomic E-state index is 0.136. The standard InChI is InChI=1S/C26H31N5O5/c1-4-34-21-11-16(10-18-13-29-25(28)30-24(18)27)12-22(35-5-2)23(21)17-6-8-19(9-7-17)31-14-20(15-33-3)36-26(31)32/h6-9,11-13,20H,4-5,10,14-15H2,1-3H3,(H4,27,28,29,30). The Labute approximate surface area is 210 Å². The van der Waals surface area contributed by atoms with Gasteiger partial charge in [-0.25, -0.2) is 9.78 Å². The van der Waals surface area contributed by atoms with Crippen LogP contribution in [0, 0.1) is 0 Å². The van der Waals surface area contributed by atoms with Crippen LogP contribution in [0.3, 0.4) is 0 Å². The molecule has 3 aromatic rings. The zero-order valence-corrected chi connectivity index (χ0v) is 20.7. The number of nitrogens with two attached hydrogens (primary N) is 2. The van der Waals surface area contributed by atoms with Crippen molar-refractivity contribution < 1.29 is 23.7 Å². The largest absolute Gasteiger partial charge is 0.493 e. The number of anilines is 3. The molecular formula is C26H31N5O5. The molecular weight excluding hydrogens is 462 g/mol. The average molecular weight is 494 g/mol. The van der Waals surface area contributed by atoms with Crippen LogP contribution in [-0.4, -0.2) is 55.6 Å². The molecule has 2 aromatic carbocycles. The maximum Gasteiger partial charge on any atom is 0.414 e. The van der Waals surface area contributed by atoms with Crippen LogP contribution in [0.5, 0.6) is 11.5 Å². The lowest BCUT2D eigenvalue weighted by molar-refractivity contribution is 0.0718. The van der Waals surface area contributed by atoms with Crippen molar-refractivity contribution in [3.8, 4) is 22.6 Å². The van der Waals surface area contributed by atoms with Crippen molar-refractivity contribution in [3.63, 3.8) is 0 Å².